The van der Waals surface area contributed by atoms with Gasteiger partial charge in [0.15, 0.2) is 17.3 Å². The molecule has 0 saturated carbocycles. The third-order valence-corrected chi connectivity index (χ3v) is 4.61. The van der Waals surface area contributed by atoms with E-state index in [1.165, 1.54) is 19.2 Å². The summed E-state index contributed by atoms with van der Waals surface area (Å²) in [5.41, 5.74) is -0.0560. The van der Waals surface area contributed by atoms with Crippen LogP contribution < -0.4 is 15.5 Å². The molecular formula is C21H23N3O6. The van der Waals surface area contributed by atoms with Gasteiger partial charge in [-0.15, -0.1) is 0 Å². The molecule has 9 nitrogen and oxygen atoms in total. The Bertz CT molecular complexity index is 1070. The molecule has 158 valence electrons. The average molecular weight is 413 g/mol. The number of carbonyl (C=O) groups excluding carboxylic acids is 1. The van der Waals surface area contributed by atoms with Crippen LogP contribution in [0.15, 0.2) is 51.9 Å². The fourth-order valence-corrected chi connectivity index (χ4v) is 3.13. The lowest BCUT2D eigenvalue weighted by Gasteiger charge is -2.19. The highest BCUT2D eigenvalue weighted by molar-refractivity contribution is 5.77. The number of carbonyl (C=O) groups is 1. The number of aromatic hydroxyl groups is 2. The smallest absolute Gasteiger partial charge is 0.227 e. The summed E-state index contributed by atoms with van der Waals surface area (Å²) in [6.45, 7) is 2.44. The summed E-state index contributed by atoms with van der Waals surface area (Å²) in [6.07, 6.45) is 3.35. The Morgan fingerprint density at radius 1 is 1.33 bits per heavy atom. The van der Waals surface area contributed by atoms with Crippen LogP contribution in [-0.4, -0.2) is 39.6 Å². The Balaban J connectivity index is 1.88. The summed E-state index contributed by atoms with van der Waals surface area (Å²) in [5, 5.41) is 27.1. The Morgan fingerprint density at radius 3 is 2.83 bits per heavy atom. The van der Waals surface area contributed by atoms with Crippen LogP contribution >= 0.6 is 0 Å². The van der Waals surface area contributed by atoms with Gasteiger partial charge in [0, 0.05) is 31.4 Å². The SMILES string of the molecule is COc1cc(C(CC(=O)NCCn2cccn2)c2oc(C)cc(=O)c2O)ccc1O. The molecule has 0 bridgehead atoms. The summed E-state index contributed by atoms with van der Waals surface area (Å²) in [6, 6.07) is 7.51. The molecule has 3 N–H and O–H groups in total. The Hall–Kier alpha value is -3.75. The predicted octanol–water partition coefficient (Wildman–Crippen LogP) is 1.90. The highest BCUT2D eigenvalue weighted by Gasteiger charge is 2.26. The second-order valence-electron chi connectivity index (χ2n) is 6.74. The number of nitrogens with one attached hydrogen (secondary N) is 1. The summed E-state index contributed by atoms with van der Waals surface area (Å²) >= 11 is 0. The fraction of sp³-hybridized carbons (Fsp3) is 0.286. The first-order valence-electron chi connectivity index (χ1n) is 9.33. The van der Waals surface area contributed by atoms with Crippen LogP contribution in [0.1, 0.15) is 29.4 Å². The van der Waals surface area contributed by atoms with E-state index in [4.69, 9.17) is 9.15 Å². The number of hydrogen-bond acceptors (Lipinski definition) is 7. The topological polar surface area (TPSA) is 127 Å². The van der Waals surface area contributed by atoms with Crippen molar-refractivity contribution < 1.29 is 24.2 Å². The normalized spacial score (nSPS) is 11.8. The fourth-order valence-electron chi connectivity index (χ4n) is 3.13. The summed E-state index contributed by atoms with van der Waals surface area (Å²) in [4.78, 5) is 24.7. The summed E-state index contributed by atoms with van der Waals surface area (Å²) in [7, 11) is 1.40. The number of nitrogens with zero attached hydrogens (tertiary/aromatic N) is 2. The molecule has 0 saturated heterocycles. The third-order valence-electron chi connectivity index (χ3n) is 4.61. The second kappa shape index (κ2) is 9.17. The van der Waals surface area contributed by atoms with Crippen molar-refractivity contribution in [2.24, 2.45) is 0 Å². The van der Waals surface area contributed by atoms with Gasteiger partial charge in [-0.25, -0.2) is 0 Å². The molecule has 3 aromatic rings. The third kappa shape index (κ3) is 4.80. The van der Waals surface area contributed by atoms with E-state index in [0.717, 1.165) is 0 Å². The number of benzene rings is 1. The van der Waals surface area contributed by atoms with Crippen LogP contribution in [0.25, 0.3) is 0 Å². The minimum Gasteiger partial charge on any atom is -0.504 e. The van der Waals surface area contributed by atoms with Crippen LogP contribution in [0.2, 0.25) is 0 Å². The summed E-state index contributed by atoms with van der Waals surface area (Å²) in [5.74, 6) is -1.20. The van der Waals surface area contributed by atoms with Crippen molar-refractivity contribution in [3.05, 3.63) is 70.0 Å². The van der Waals surface area contributed by atoms with Crippen LogP contribution in [0.5, 0.6) is 17.2 Å². The van der Waals surface area contributed by atoms with Crippen molar-refractivity contribution in [1.29, 1.82) is 0 Å². The van der Waals surface area contributed by atoms with Gasteiger partial charge in [-0.2, -0.15) is 5.10 Å². The van der Waals surface area contributed by atoms with Crippen LogP contribution in [0.4, 0.5) is 0 Å². The van der Waals surface area contributed by atoms with E-state index in [2.05, 4.69) is 10.4 Å². The second-order valence-corrected chi connectivity index (χ2v) is 6.74. The van der Waals surface area contributed by atoms with Gasteiger partial charge in [-0.1, -0.05) is 6.07 Å². The number of aryl methyl sites for hydroxylation is 1. The first-order chi connectivity index (χ1) is 14.4. The molecule has 1 aromatic carbocycles. The maximum atomic E-state index is 12.6. The van der Waals surface area contributed by atoms with Gasteiger partial charge >= 0.3 is 0 Å². The van der Waals surface area contributed by atoms with E-state index in [1.54, 1.807) is 42.2 Å². The van der Waals surface area contributed by atoms with Crippen LogP contribution in [0.3, 0.4) is 0 Å². The standard InChI is InChI=1S/C21H23N3O6/c1-13-10-17(26)20(28)21(30-13)15(14-4-5-16(25)18(11-14)29-2)12-19(27)22-7-9-24-8-3-6-23-24/h3-6,8,10-11,15,25,28H,7,9,12H2,1-2H3,(H,22,27). The zero-order chi connectivity index (χ0) is 21.7. The van der Waals surface area contributed by atoms with E-state index < -0.39 is 17.1 Å². The van der Waals surface area contributed by atoms with Gasteiger partial charge in [0.1, 0.15) is 5.76 Å². The number of aromatic nitrogens is 2. The zero-order valence-corrected chi connectivity index (χ0v) is 16.7. The van der Waals surface area contributed by atoms with E-state index in [-0.39, 0.29) is 29.6 Å². The molecule has 2 heterocycles. The molecule has 0 radical (unpaired) electrons. The van der Waals surface area contributed by atoms with Crippen molar-refractivity contribution in [1.82, 2.24) is 15.1 Å². The van der Waals surface area contributed by atoms with Crippen molar-refractivity contribution in [3.63, 3.8) is 0 Å². The number of methoxy groups -OCH3 is 1. The molecule has 0 aliphatic rings. The maximum Gasteiger partial charge on any atom is 0.227 e. The number of phenols is 1. The van der Waals surface area contributed by atoms with Crippen molar-refractivity contribution in [2.45, 2.75) is 25.8 Å². The monoisotopic (exact) mass is 413 g/mol. The van der Waals surface area contributed by atoms with Gasteiger partial charge in [-0.3, -0.25) is 14.3 Å². The Morgan fingerprint density at radius 2 is 2.13 bits per heavy atom. The molecule has 0 fully saturated rings. The van der Waals surface area contributed by atoms with Gasteiger partial charge in [-0.05, 0) is 30.7 Å². The maximum absolute atomic E-state index is 12.6. The molecular weight excluding hydrogens is 390 g/mol. The van der Waals surface area contributed by atoms with Gasteiger partial charge < -0.3 is 24.7 Å². The predicted molar refractivity (Wildman–Crippen MR) is 108 cm³/mol. The number of ether oxygens (including phenoxy) is 1. The van der Waals surface area contributed by atoms with E-state index in [9.17, 15) is 19.8 Å². The first-order valence-corrected chi connectivity index (χ1v) is 9.33. The number of hydrogen-bond donors (Lipinski definition) is 3. The molecule has 1 amide bonds. The molecule has 9 heteroatoms. The van der Waals surface area contributed by atoms with E-state index >= 15 is 0 Å². The lowest BCUT2D eigenvalue weighted by molar-refractivity contribution is -0.121. The van der Waals surface area contributed by atoms with E-state index in [0.29, 0.717) is 24.4 Å². The number of amides is 1. The van der Waals surface area contributed by atoms with Crippen molar-refractivity contribution >= 4 is 5.91 Å². The van der Waals surface area contributed by atoms with Gasteiger partial charge in [0.2, 0.25) is 17.1 Å². The van der Waals surface area contributed by atoms with Crippen molar-refractivity contribution in [2.75, 3.05) is 13.7 Å². The summed E-state index contributed by atoms with van der Waals surface area (Å²) < 4.78 is 12.5. The highest BCUT2D eigenvalue weighted by Crippen LogP contribution is 2.37. The molecule has 0 aliphatic carbocycles. The molecule has 3 rings (SSSR count). The van der Waals surface area contributed by atoms with Crippen LogP contribution in [-0.2, 0) is 11.3 Å². The van der Waals surface area contributed by atoms with Crippen molar-refractivity contribution in [3.8, 4) is 17.2 Å². The zero-order valence-electron chi connectivity index (χ0n) is 16.7. The lowest BCUT2D eigenvalue weighted by Crippen LogP contribution is -2.29. The molecule has 0 spiro atoms. The van der Waals surface area contributed by atoms with E-state index in [1.807, 2.05) is 0 Å². The number of phenolic OH excluding ortho intramolecular Hbond substituents is 1. The molecule has 1 atom stereocenters. The molecule has 30 heavy (non-hydrogen) atoms. The van der Waals surface area contributed by atoms with Gasteiger partial charge in [0.05, 0.1) is 19.6 Å². The highest BCUT2D eigenvalue weighted by atomic mass is 16.5. The minimum atomic E-state index is -0.767. The lowest BCUT2D eigenvalue weighted by atomic mass is 9.91. The van der Waals surface area contributed by atoms with Gasteiger partial charge in [0.25, 0.3) is 0 Å². The quantitative estimate of drug-likeness (QED) is 0.515. The Kier molecular flexibility index (Phi) is 6.41. The largest absolute Gasteiger partial charge is 0.504 e. The van der Waals surface area contributed by atoms with Crippen LogP contribution in [0, 0.1) is 6.92 Å². The first kappa shape index (κ1) is 21.0. The molecule has 2 aromatic heterocycles. The minimum absolute atomic E-state index is 0.0185. The molecule has 0 aliphatic heterocycles. The average Bonchev–Trinajstić information content (AvgIpc) is 3.23. The Labute approximate surface area is 172 Å². The molecule has 1 unspecified atom stereocenters. The number of rotatable bonds is 8.